The highest BCUT2D eigenvalue weighted by atomic mass is 16.5. The van der Waals surface area contributed by atoms with Gasteiger partial charge in [0.2, 0.25) is 0 Å². The summed E-state index contributed by atoms with van der Waals surface area (Å²) in [5.41, 5.74) is 2.50. The Morgan fingerprint density at radius 2 is 2.00 bits per heavy atom. The number of nitrogens with one attached hydrogen (secondary N) is 1. The van der Waals surface area contributed by atoms with Gasteiger partial charge in [-0.2, -0.15) is 0 Å². The number of hydrogen-bond acceptors (Lipinski definition) is 3. The molecule has 1 aliphatic heterocycles. The highest BCUT2D eigenvalue weighted by molar-refractivity contribution is 5.48. The minimum absolute atomic E-state index is 0.342. The Kier molecular flexibility index (Phi) is 3.88. The fourth-order valence-electron chi connectivity index (χ4n) is 2.54. The molecule has 3 rings (SSSR count). The van der Waals surface area contributed by atoms with Gasteiger partial charge in [-0.15, -0.1) is 0 Å². The predicted octanol–water partition coefficient (Wildman–Crippen LogP) is 2.79. The first kappa shape index (κ1) is 13.0. The summed E-state index contributed by atoms with van der Waals surface area (Å²) in [5, 5.41) is 3.55. The van der Waals surface area contributed by atoms with E-state index in [1.165, 1.54) is 11.1 Å². The second kappa shape index (κ2) is 5.97. The van der Waals surface area contributed by atoms with Gasteiger partial charge in [-0.05, 0) is 23.6 Å². The van der Waals surface area contributed by atoms with E-state index < -0.39 is 0 Å². The van der Waals surface area contributed by atoms with Gasteiger partial charge in [0, 0.05) is 12.6 Å². The monoisotopic (exact) mass is 269 g/mol. The van der Waals surface area contributed by atoms with Crippen molar-refractivity contribution in [1.82, 2.24) is 5.32 Å². The Balaban J connectivity index is 1.64. The van der Waals surface area contributed by atoms with Crippen molar-refractivity contribution >= 4 is 0 Å². The number of fused-ring (bicyclic) bond motifs is 1. The molecule has 0 unspecified atom stereocenters. The zero-order valence-corrected chi connectivity index (χ0v) is 11.6. The molecular formula is C17H19NO2. The molecule has 3 nitrogen and oxygen atoms in total. The van der Waals surface area contributed by atoms with E-state index in [0.29, 0.717) is 12.6 Å². The molecule has 0 saturated carbocycles. The highest BCUT2D eigenvalue weighted by Crippen LogP contribution is 2.34. The summed E-state index contributed by atoms with van der Waals surface area (Å²) in [7, 11) is 1.68. The number of para-hydroxylation sites is 1. The van der Waals surface area contributed by atoms with E-state index in [9.17, 15) is 0 Å². The van der Waals surface area contributed by atoms with Gasteiger partial charge in [-0.25, -0.2) is 0 Å². The molecule has 1 atom stereocenters. The van der Waals surface area contributed by atoms with Gasteiger partial charge in [0.25, 0.3) is 0 Å². The van der Waals surface area contributed by atoms with E-state index >= 15 is 0 Å². The number of rotatable bonds is 4. The molecule has 0 aromatic heterocycles. The maximum atomic E-state index is 5.86. The minimum atomic E-state index is 0.342. The standard InChI is InChI=1S/C17H19NO2/c1-19-16-9-5-8-14-10-15(12-20-17(14)16)18-11-13-6-3-2-4-7-13/h2-9,15,18H,10-12H2,1H3/t15-/m1/s1. The zero-order valence-electron chi connectivity index (χ0n) is 11.6. The number of benzene rings is 2. The van der Waals surface area contributed by atoms with E-state index in [4.69, 9.17) is 9.47 Å². The Hall–Kier alpha value is -2.00. The summed E-state index contributed by atoms with van der Waals surface area (Å²) >= 11 is 0. The van der Waals surface area contributed by atoms with Crippen LogP contribution in [0, 0.1) is 0 Å². The van der Waals surface area contributed by atoms with Crippen LogP contribution < -0.4 is 14.8 Å². The molecule has 0 aliphatic carbocycles. The van der Waals surface area contributed by atoms with Crippen LogP contribution in [0.15, 0.2) is 48.5 Å². The molecular weight excluding hydrogens is 250 g/mol. The van der Waals surface area contributed by atoms with E-state index in [1.807, 2.05) is 18.2 Å². The molecule has 1 heterocycles. The molecule has 104 valence electrons. The van der Waals surface area contributed by atoms with Crippen LogP contribution >= 0.6 is 0 Å². The smallest absolute Gasteiger partial charge is 0.164 e. The predicted molar refractivity (Wildman–Crippen MR) is 79.3 cm³/mol. The largest absolute Gasteiger partial charge is 0.493 e. The molecule has 2 aromatic rings. The highest BCUT2D eigenvalue weighted by Gasteiger charge is 2.22. The lowest BCUT2D eigenvalue weighted by Gasteiger charge is -2.27. The first-order valence-corrected chi connectivity index (χ1v) is 6.93. The second-order valence-corrected chi connectivity index (χ2v) is 5.03. The third-order valence-corrected chi connectivity index (χ3v) is 3.61. The molecule has 0 spiro atoms. The van der Waals surface area contributed by atoms with Gasteiger partial charge >= 0.3 is 0 Å². The van der Waals surface area contributed by atoms with E-state index in [-0.39, 0.29) is 0 Å². The molecule has 1 N–H and O–H groups in total. The lowest BCUT2D eigenvalue weighted by molar-refractivity contribution is 0.226. The lowest BCUT2D eigenvalue weighted by atomic mass is 10.0. The van der Waals surface area contributed by atoms with Crippen LogP contribution in [0.3, 0.4) is 0 Å². The third kappa shape index (κ3) is 2.78. The van der Waals surface area contributed by atoms with Crippen molar-refractivity contribution in [3.8, 4) is 11.5 Å². The van der Waals surface area contributed by atoms with Crippen LogP contribution in [-0.2, 0) is 13.0 Å². The Labute approximate surface area is 119 Å². The van der Waals surface area contributed by atoms with Gasteiger partial charge in [0.1, 0.15) is 6.61 Å². The van der Waals surface area contributed by atoms with Crippen molar-refractivity contribution in [3.63, 3.8) is 0 Å². The molecule has 20 heavy (non-hydrogen) atoms. The van der Waals surface area contributed by atoms with Gasteiger partial charge in [0.05, 0.1) is 7.11 Å². The van der Waals surface area contributed by atoms with Crippen molar-refractivity contribution in [2.75, 3.05) is 13.7 Å². The van der Waals surface area contributed by atoms with Crippen molar-refractivity contribution in [1.29, 1.82) is 0 Å². The first-order valence-electron chi connectivity index (χ1n) is 6.93. The summed E-state index contributed by atoms with van der Waals surface area (Å²) in [4.78, 5) is 0. The fraction of sp³-hybridized carbons (Fsp3) is 0.294. The van der Waals surface area contributed by atoms with Gasteiger partial charge in [-0.3, -0.25) is 0 Å². The molecule has 0 radical (unpaired) electrons. The average molecular weight is 269 g/mol. The Morgan fingerprint density at radius 1 is 1.15 bits per heavy atom. The quantitative estimate of drug-likeness (QED) is 0.926. The van der Waals surface area contributed by atoms with Crippen LogP contribution in [0.1, 0.15) is 11.1 Å². The maximum Gasteiger partial charge on any atom is 0.164 e. The van der Waals surface area contributed by atoms with Crippen LogP contribution in [0.25, 0.3) is 0 Å². The Bertz CT molecular complexity index is 568. The fourth-order valence-corrected chi connectivity index (χ4v) is 2.54. The lowest BCUT2D eigenvalue weighted by Crippen LogP contribution is -2.38. The molecule has 1 aliphatic rings. The van der Waals surface area contributed by atoms with Crippen molar-refractivity contribution in [2.45, 2.75) is 19.0 Å². The topological polar surface area (TPSA) is 30.5 Å². The van der Waals surface area contributed by atoms with Gasteiger partial charge in [0.15, 0.2) is 11.5 Å². The van der Waals surface area contributed by atoms with Crippen LogP contribution in [0.4, 0.5) is 0 Å². The summed E-state index contributed by atoms with van der Waals surface area (Å²) < 4.78 is 11.2. The number of methoxy groups -OCH3 is 1. The number of hydrogen-bond donors (Lipinski definition) is 1. The molecule has 0 saturated heterocycles. The van der Waals surface area contributed by atoms with Crippen molar-refractivity contribution < 1.29 is 9.47 Å². The van der Waals surface area contributed by atoms with Crippen LogP contribution in [-0.4, -0.2) is 19.8 Å². The summed E-state index contributed by atoms with van der Waals surface area (Å²) in [6, 6.07) is 16.8. The van der Waals surface area contributed by atoms with E-state index in [2.05, 4.69) is 35.6 Å². The SMILES string of the molecule is COc1cccc2c1OC[C@H](NCc1ccccc1)C2. The second-order valence-electron chi connectivity index (χ2n) is 5.03. The number of ether oxygens (including phenoxy) is 2. The summed E-state index contributed by atoms with van der Waals surface area (Å²) in [5.74, 6) is 1.72. The van der Waals surface area contributed by atoms with Crippen LogP contribution in [0.5, 0.6) is 11.5 Å². The maximum absolute atomic E-state index is 5.86. The minimum Gasteiger partial charge on any atom is -0.493 e. The van der Waals surface area contributed by atoms with E-state index in [1.54, 1.807) is 7.11 Å². The Morgan fingerprint density at radius 3 is 2.80 bits per heavy atom. The van der Waals surface area contributed by atoms with Crippen molar-refractivity contribution in [3.05, 3.63) is 59.7 Å². The third-order valence-electron chi connectivity index (χ3n) is 3.61. The summed E-state index contributed by atoms with van der Waals surface area (Å²) in [6.07, 6.45) is 0.972. The normalized spacial score (nSPS) is 17.1. The van der Waals surface area contributed by atoms with Crippen molar-refractivity contribution in [2.24, 2.45) is 0 Å². The summed E-state index contributed by atoms with van der Waals surface area (Å²) in [6.45, 7) is 1.55. The van der Waals surface area contributed by atoms with Gasteiger partial charge < -0.3 is 14.8 Å². The molecule has 3 heteroatoms. The van der Waals surface area contributed by atoms with Crippen LogP contribution in [0.2, 0.25) is 0 Å². The molecule has 0 amide bonds. The van der Waals surface area contributed by atoms with E-state index in [0.717, 1.165) is 24.5 Å². The molecule has 0 bridgehead atoms. The zero-order chi connectivity index (χ0) is 13.8. The molecule has 0 fully saturated rings. The van der Waals surface area contributed by atoms with Gasteiger partial charge in [-0.1, -0.05) is 42.5 Å². The average Bonchev–Trinajstić information content (AvgIpc) is 2.53. The first-order chi connectivity index (χ1) is 9.86. The molecule has 2 aromatic carbocycles.